The van der Waals surface area contributed by atoms with Crippen molar-refractivity contribution in [3.8, 4) is 5.75 Å². The van der Waals surface area contributed by atoms with E-state index in [4.69, 9.17) is 4.74 Å². The van der Waals surface area contributed by atoms with Crippen LogP contribution in [0, 0.1) is 0 Å². The second-order valence-electron chi connectivity index (χ2n) is 5.89. The van der Waals surface area contributed by atoms with E-state index >= 15 is 0 Å². The summed E-state index contributed by atoms with van der Waals surface area (Å²) in [6.07, 6.45) is 3.78. The van der Waals surface area contributed by atoms with Gasteiger partial charge in [-0.25, -0.2) is 0 Å². The zero-order valence-corrected chi connectivity index (χ0v) is 14.9. The third kappa shape index (κ3) is 2.99. The number of carbonyl (C=O) groups excluding carboxylic acids is 2. The molecule has 1 aromatic heterocycles. The predicted octanol–water partition coefficient (Wildman–Crippen LogP) is 4.02. The first-order valence-electron chi connectivity index (χ1n) is 8.10. The van der Waals surface area contributed by atoms with E-state index in [0.717, 1.165) is 39.5 Å². The minimum atomic E-state index is -0.342. The van der Waals surface area contributed by atoms with Crippen molar-refractivity contribution in [2.45, 2.75) is 6.54 Å². The zero-order chi connectivity index (χ0) is 18.1. The lowest BCUT2D eigenvalue weighted by Crippen LogP contribution is -2.17. The van der Waals surface area contributed by atoms with Crippen molar-refractivity contribution in [2.75, 3.05) is 7.11 Å². The standard InChI is InChI=1S/C20H16N2O3S/c1-25-17-8-3-2-5-14(17)12-22-10-9-15-13(6-4-7-16(15)22)11-18-19(23)21-20(24)26-18/h2-11H,12H2,1H3,(H,21,23,24). The van der Waals surface area contributed by atoms with E-state index < -0.39 is 0 Å². The molecule has 4 rings (SSSR count). The first-order chi connectivity index (χ1) is 12.7. The lowest BCUT2D eigenvalue weighted by molar-refractivity contribution is -0.115. The van der Waals surface area contributed by atoms with E-state index in [-0.39, 0.29) is 11.1 Å². The van der Waals surface area contributed by atoms with Crippen LogP contribution >= 0.6 is 11.8 Å². The Hall–Kier alpha value is -2.99. The molecule has 1 aliphatic rings. The van der Waals surface area contributed by atoms with Gasteiger partial charge in [0.2, 0.25) is 0 Å². The Morgan fingerprint density at radius 1 is 1.12 bits per heavy atom. The molecule has 26 heavy (non-hydrogen) atoms. The molecule has 6 heteroatoms. The topological polar surface area (TPSA) is 60.3 Å². The number of carbonyl (C=O) groups is 2. The van der Waals surface area contributed by atoms with Gasteiger partial charge in [-0.2, -0.15) is 0 Å². The highest BCUT2D eigenvalue weighted by Gasteiger charge is 2.25. The third-order valence-corrected chi connectivity index (χ3v) is 5.12. The molecule has 0 atom stereocenters. The van der Waals surface area contributed by atoms with E-state index in [1.165, 1.54) is 0 Å². The molecule has 3 aromatic rings. The van der Waals surface area contributed by atoms with Crippen molar-refractivity contribution in [3.05, 3.63) is 70.8 Å². The summed E-state index contributed by atoms with van der Waals surface area (Å²) in [7, 11) is 1.67. The molecule has 0 aliphatic carbocycles. The van der Waals surface area contributed by atoms with E-state index in [1.807, 2.05) is 54.7 Å². The van der Waals surface area contributed by atoms with Crippen LogP contribution in [0.25, 0.3) is 17.0 Å². The summed E-state index contributed by atoms with van der Waals surface area (Å²) >= 11 is 0.930. The van der Waals surface area contributed by atoms with Crippen LogP contribution in [-0.2, 0) is 11.3 Å². The number of methoxy groups -OCH3 is 1. The number of nitrogens with zero attached hydrogens (tertiary/aromatic N) is 1. The van der Waals surface area contributed by atoms with Crippen LogP contribution in [0.15, 0.2) is 59.6 Å². The summed E-state index contributed by atoms with van der Waals surface area (Å²) < 4.78 is 7.58. The Kier molecular flexibility index (Phi) is 4.26. The molecule has 5 nitrogen and oxygen atoms in total. The summed E-state index contributed by atoms with van der Waals surface area (Å²) in [5.41, 5.74) is 3.06. The van der Waals surface area contributed by atoms with Gasteiger partial charge in [0.15, 0.2) is 0 Å². The van der Waals surface area contributed by atoms with Gasteiger partial charge in [-0.1, -0.05) is 30.3 Å². The number of thioether (sulfide) groups is 1. The Balaban J connectivity index is 1.73. The van der Waals surface area contributed by atoms with Gasteiger partial charge in [0.1, 0.15) is 5.75 Å². The van der Waals surface area contributed by atoms with E-state index in [9.17, 15) is 9.59 Å². The van der Waals surface area contributed by atoms with Gasteiger partial charge in [-0.3, -0.25) is 14.9 Å². The van der Waals surface area contributed by atoms with Gasteiger partial charge < -0.3 is 9.30 Å². The molecular formula is C20H16N2O3S. The number of hydrogen-bond donors (Lipinski definition) is 1. The summed E-state index contributed by atoms with van der Waals surface area (Å²) in [6, 6.07) is 15.9. The fraction of sp³-hybridized carbons (Fsp3) is 0.100. The Morgan fingerprint density at radius 3 is 2.73 bits per heavy atom. The molecule has 0 radical (unpaired) electrons. The molecule has 1 aliphatic heterocycles. The van der Waals surface area contributed by atoms with Crippen LogP contribution < -0.4 is 10.1 Å². The maximum atomic E-state index is 11.8. The molecule has 130 valence electrons. The van der Waals surface area contributed by atoms with Crippen molar-refractivity contribution in [2.24, 2.45) is 0 Å². The van der Waals surface area contributed by atoms with E-state index in [0.29, 0.717) is 11.4 Å². The van der Waals surface area contributed by atoms with Gasteiger partial charge in [-0.05, 0) is 41.6 Å². The van der Waals surface area contributed by atoms with Crippen LogP contribution in [0.3, 0.4) is 0 Å². The number of aromatic nitrogens is 1. The number of amides is 2. The van der Waals surface area contributed by atoms with Crippen molar-refractivity contribution in [1.29, 1.82) is 0 Å². The van der Waals surface area contributed by atoms with Crippen LogP contribution in [0.2, 0.25) is 0 Å². The SMILES string of the molecule is COc1ccccc1Cn1ccc2c(C=C3SC(=O)NC3=O)cccc21. The smallest absolute Gasteiger partial charge is 0.290 e. The van der Waals surface area contributed by atoms with Gasteiger partial charge in [0, 0.05) is 22.7 Å². The number of rotatable bonds is 4. The summed E-state index contributed by atoms with van der Waals surface area (Å²) in [6.45, 7) is 0.682. The molecule has 1 N–H and O–H groups in total. The Morgan fingerprint density at radius 2 is 1.96 bits per heavy atom. The highest BCUT2D eigenvalue weighted by molar-refractivity contribution is 8.18. The van der Waals surface area contributed by atoms with Crippen molar-refractivity contribution in [3.63, 3.8) is 0 Å². The second-order valence-corrected chi connectivity index (χ2v) is 6.90. The molecule has 1 saturated heterocycles. The summed E-state index contributed by atoms with van der Waals surface area (Å²) in [4.78, 5) is 23.6. The fourth-order valence-corrected chi connectivity index (χ4v) is 3.76. The number of ether oxygens (including phenoxy) is 1. The van der Waals surface area contributed by atoms with Crippen LogP contribution in [-0.4, -0.2) is 22.8 Å². The van der Waals surface area contributed by atoms with E-state index in [1.54, 1.807) is 13.2 Å². The number of benzene rings is 2. The van der Waals surface area contributed by atoms with Gasteiger partial charge in [-0.15, -0.1) is 0 Å². The van der Waals surface area contributed by atoms with Gasteiger partial charge in [0.25, 0.3) is 11.1 Å². The van der Waals surface area contributed by atoms with Crippen LogP contribution in [0.5, 0.6) is 5.75 Å². The lowest BCUT2D eigenvalue weighted by atomic mass is 10.1. The molecule has 0 saturated carbocycles. The average molecular weight is 364 g/mol. The highest BCUT2D eigenvalue weighted by atomic mass is 32.2. The van der Waals surface area contributed by atoms with Crippen LogP contribution in [0.1, 0.15) is 11.1 Å². The van der Waals surface area contributed by atoms with Gasteiger partial charge >= 0.3 is 0 Å². The monoisotopic (exact) mass is 364 g/mol. The molecule has 0 unspecified atom stereocenters. The molecule has 2 amide bonds. The van der Waals surface area contributed by atoms with Crippen molar-refractivity contribution in [1.82, 2.24) is 9.88 Å². The number of fused-ring (bicyclic) bond motifs is 1. The number of para-hydroxylation sites is 1. The van der Waals surface area contributed by atoms with E-state index in [2.05, 4.69) is 9.88 Å². The first kappa shape index (κ1) is 16.5. The number of nitrogens with one attached hydrogen (secondary N) is 1. The second kappa shape index (κ2) is 6.72. The summed E-state index contributed by atoms with van der Waals surface area (Å²) in [5, 5.41) is 2.98. The first-order valence-corrected chi connectivity index (χ1v) is 8.92. The third-order valence-electron chi connectivity index (χ3n) is 4.31. The predicted molar refractivity (Wildman–Crippen MR) is 103 cm³/mol. The quantitative estimate of drug-likeness (QED) is 0.710. The molecule has 1 fully saturated rings. The molecule has 2 aromatic carbocycles. The Labute approximate surface area is 154 Å². The average Bonchev–Trinajstić information content (AvgIpc) is 3.19. The van der Waals surface area contributed by atoms with Crippen LogP contribution in [0.4, 0.5) is 4.79 Å². The Bertz CT molecular complexity index is 1050. The maximum absolute atomic E-state index is 11.8. The fourth-order valence-electron chi connectivity index (χ4n) is 3.09. The largest absolute Gasteiger partial charge is 0.496 e. The summed E-state index contributed by atoms with van der Waals surface area (Å²) in [5.74, 6) is 0.510. The minimum Gasteiger partial charge on any atom is -0.496 e. The number of imide groups is 1. The van der Waals surface area contributed by atoms with Gasteiger partial charge in [0.05, 0.1) is 18.6 Å². The van der Waals surface area contributed by atoms with Crippen molar-refractivity contribution < 1.29 is 14.3 Å². The maximum Gasteiger partial charge on any atom is 0.290 e. The number of hydrogen-bond acceptors (Lipinski definition) is 4. The highest BCUT2D eigenvalue weighted by Crippen LogP contribution is 2.29. The normalized spacial score (nSPS) is 15.7. The molecule has 0 spiro atoms. The minimum absolute atomic E-state index is 0.331. The molecule has 2 heterocycles. The molecule has 0 bridgehead atoms. The lowest BCUT2D eigenvalue weighted by Gasteiger charge is -2.10. The molecular weight excluding hydrogens is 348 g/mol. The van der Waals surface area contributed by atoms with Crippen molar-refractivity contribution >= 4 is 39.9 Å². The zero-order valence-electron chi connectivity index (χ0n) is 14.1.